The number of hydrogen-bond acceptors (Lipinski definition) is 3. The number of hydrogen-bond donors (Lipinski definition) is 0. The third-order valence-corrected chi connectivity index (χ3v) is 6.14. The molecule has 0 bridgehead atoms. The number of carbonyl (C=O) groups excluding carboxylic acids is 1. The van der Waals surface area contributed by atoms with Crippen LogP contribution in [0.1, 0.15) is 29.5 Å². The van der Waals surface area contributed by atoms with E-state index in [0.717, 1.165) is 29.7 Å². The fraction of sp³-hybridized carbons (Fsp3) is 0.381. The number of amides is 1. The highest BCUT2D eigenvalue weighted by molar-refractivity contribution is 7.92. The Balaban J connectivity index is 1.80. The lowest BCUT2D eigenvalue weighted by Crippen LogP contribution is -2.39. The Kier molecular flexibility index (Phi) is 5.56. The summed E-state index contributed by atoms with van der Waals surface area (Å²) in [5.74, 6) is -0.0411. The summed E-state index contributed by atoms with van der Waals surface area (Å²) in [6.07, 6.45) is 3.23. The first-order chi connectivity index (χ1) is 12.8. The van der Waals surface area contributed by atoms with Crippen molar-refractivity contribution in [3.8, 4) is 0 Å². The van der Waals surface area contributed by atoms with Crippen molar-refractivity contribution in [1.82, 2.24) is 0 Å². The van der Waals surface area contributed by atoms with E-state index in [-0.39, 0.29) is 18.9 Å². The predicted molar refractivity (Wildman–Crippen MR) is 110 cm³/mol. The number of sulfonamides is 1. The first-order valence-electron chi connectivity index (χ1n) is 9.20. The van der Waals surface area contributed by atoms with Crippen LogP contribution in [-0.4, -0.2) is 33.7 Å². The van der Waals surface area contributed by atoms with E-state index in [4.69, 9.17) is 0 Å². The van der Waals surface area contributed by atoms with E-state index in [2.05, 4.69) is 0 Å². The van der Waals surface area contributed by atoms with Crippen molar-refractivity contribution in [3.05, 3.63) is 59.2 Å². The molecule has 0 unspecified atom stereocenters. The Labute approximate surface area is 161 Å². The van der Waals surface area contributed by atoms with Crippen molar-refractivity contribution in [2.45, 2.75) is 33.1 Å². The molecule has 6 heteroatoms. The number of para-hydroxylation sites is 1. The van der Waals surface area contributed by atoms with E-state index in [9.17, 15) is 13.2 Å². The third kappa shape index (κ3) is 4.33. The van der Waals surface area contributed by atoms with Crippen molar-refractivity contribution >= 4 is 27.3 Å². The molecule has 1 aliphatic rings. The van der Waals surface area contributed by atoms with Gasteiger partial charge in [-0.05, 0) is 49.9 Å². The van der Waals surface area contributed by atoms with Gasteiger partial charge in [-0.25, -0.2) is 8.42 Å². The maximum absolute atomic E-state index is 12.9. The zero-order chi connectivity index (χ0) is 19.6. The third-order valence-electron chi connectivity index (χ3n) is 4.96. The van der Waals surface area contributed by atoms with Gasteiger partial charge in [0.1, 0.15) is 0 Å². The van der Waals surface area contributed by atoms with Crippen LogP contribution in [0.2, 0.25) is 0 Å². The Morgan fingerprint density at radius 3 is 2.59 bits per heavy atom. The van der Waals surface area contributed by atoms with Crippen LogP contribution in [0, 0.1) is 13.8 Å². The lowest BCUT2D eigenvalue weighted by atomic mass is 10.0. The molecule has 27 heavy (non-hydrogen) atoms. The van der Waals surface area contributed by atoms with Crippen LogP contribution in [0.25, 0.3) is 0 Å². The summed E-state index contributed by atoms with van der Waals surface area (Å²) in [7, 11) is -3.48. The summed E-state index contributed by atoms with van der Waals surface area (Å²) in [4.78, 5) is 14.7. The molecule has 1 heterocycles. The molecule has 1 aliphatic heterocycles. The van der Waals surface area contributed by atoms with Crippen molar-refractivity contribution in [1.29, 1.82) is 0 Å². The zero-order valence-electron chi connectivity index (χ0n) is 16.1. The topological polar surface area (TPSA) is 57.7 Å². The van der Waals surface area contributed by atoms with Crippen LogP contribution in [0.5, 0.6) is 0 Å². The molecule has 0 fully saturated rings. The number of rotatable bonds is 5. The molecule has 0 radical (unpaired) electrons. The van der Waals surface area contributed by atoms with Gasteiger partial charge in [-0.2, -0.15) is 0 Å². The van der Waals surface area contributed by atoms with E-state index in [1.807, 2.05) is 56.3 Å². The van der Waals surface area contributed by atoms with Gasteiger partial charge in [-0.15, -0.1) is 0 Å². The Hall–Kier alpha value is -2.34. The van der Waals surface area contributed by atoms with Crippen molar-refractivity contribution in [2.24, 2.45) is 0 Å². The van der Waals surface area contributed by atoms with Crippen LogP contribution in [0.4, 0.5) is 11.4 Å². The highest BCUT2D eigenvalue weighted by Gasteiger charge is 2.25. The normalized spacial score (nSPS) is 14.0. The van der Waals surface area contributed by atoms with Crippen LogP contribution in [-0.2, 0) is 21.2 Å². The van der Waals surface area contributed by atoms with Gasteiger partial charge in [0.15, 0.2) is 0 Å². The molecule has 0 aromatic heterocycles. The monoisotopic (exact) mass is 386 g/mol. The minimum absolute atomic E-state index is 0.0411. The van der Waals surface area contributed by atoms with Crippen LogP contribution < -0.4 is 9.21 Å². The Morgan fingerprint density at radius 2 is 1.89 bits per heavy atom. The van der Waals surface area contributed by atoms with Crippen LogP contribution >= 0.6 is 0 Å². The molecular weight excluding hydrogens is 360 g/mol. The van der Waals surface area contributed by atoms with E-state index >= 15 is 0 Å². The number of aryl methyl sites for hydroxylation is 3. The molecule has 0 spiro atoms. The first-order valence-corrected chi connectivity index (χ1v) is 11.1. The van der Waals surface area contributed by atoms with Gasteiger partial charge >= 0.3 is 0 Å². The summed E-state index contributed by atoms with van der Waals surface area (Å²) in [5.41, 5.74) is 4.72. The van der Waals surface area contributed by atoms with E-state index in [1.54, 1.807) is 4.90 Å². The molecule has 2 aromatic rings. The van der Waals surface area contributed by atoms with Crippen molar-refractivity contribution in [3.63, 3.8) is 0 Å². The minimum atomic E-state index is -3.48. The van der Waals surface area contributed by atoms with E-state index in [1.165, 1.54) is 16.1 Å². The average Bonchev–Trinajstić information content (AvgIpc) is 2.61. The number of fused-ring (bicyclic) bond motifs is 1. The van der Waals surface area contributed by atoms with Gasteiger partial charge in [0.05, 0.1) is 11.9 Å². The molecule has 1 amide bonds. The summed E-state index contributed by atoms with van der Waals surface area (Å²) in [6.45, 7) is 4.68. The Bertz CT molecular complexity index is 954. The number of nitrogens with zero attached hydrogens (tertiary/aromatic N) is 2. The second kappa shape index (κ2) is 7.72. The fourth-order valence-corrected chi connectivity index (χ4v) is 4.66. The van der Waals surface area contributed by atoms with Gasteiger partial charge in [0.2, 0.25) is 15.9 Å². The molecular formula is C21H26N2O3S. The SMILES string of the molecule is Cc1ccc(N(CCC(=O)N2CCCc3ccccc32)S(C)(=O)=O)c(C)c1. The quantitative estimate of drug-likeness (QED) is 0.791. The van der Waals surface area contributed by atoms with Gasteiger partial charge in [-0.1, -0.05) is 35.9 Å². The maximum Gasteiger partial charge on any atom is 0.232 e. The summed E-state index contributed by atoms with van der Waals surface area (Å²) in [5, 5.41) is 0. The van der Waals surface area contributed by atoms with Crippen molar-refractivity contribution < 1.29 is 13.2 Å². The predicted octanol–water partition coefficient (Wildman–Crippen LogP) is 3.44. The molecule has 0 saturated heterocycles. The van der Waals surface area contributed by atoms with Gasteiger partial charge in [0.25, 0.3) is 0 Å². The highest BCUT2D eigenvalue weighted by Crippen LogP contribution is 2.28. The fourth-order valence-electron chi connectivity index (χ4n) is 3.67. The van der Waals surface area contributed by atoms with E-state index < -0.39 is 10.0 Å². The number of benzene rings is 2. The standard InChI is InChI=1S/C21H26N2O3S/c1-16-10-11-19(17(2)15-16)23(27(3,25)26)14-12-21(24)22-13-6-8-18-7-4-5-9-20(18)22/h4-5,7,9-11,15H,6,8,12-14H2,1-3H3. The van der Waals surface area contributed by atoms with Gasteiger partial charge in [-0.3, -0.25) is 9.10 Å². The lowest BCUT2D eigenvalue weighted by molar-refractivity contribution is -0.118. The van der Waals surface area contributed by atoms with Crippen LogP contribution in [0.15, 0.2) is 42.5 Å². The van der Waals surface area contributed by atoms with Gasteiger partial charge in [0, 0.05) is 25.2 Å². The molecule has 3 rings (SSSR count). The second-order valence-electron chi connectivity index (χ2n) is 7.15. The molecule has 2 aromatic carbocycles. The summed E-state index contributed by atoms with van der Waals surface area (Å²) < 4.78 is 26.1. The molecule has 0 atom stereocenters. The molecule has 0 N–H and O–H groups in total. The smallest absolute Gasteiger partial charge is 0.232 e. The maximum atomic E-state index is 12.9. The first kappa shape index (κ1) is 19.4. The van der Waals surface area contributed by atoms with Crippen LogP contribution in [0.3, 0.4) is 0 Å². The molecule has 144 valence electrons. The molecule has 5 nitrogen and oxygen atoms in total. The highest BCUT2D eigenvalue weighted by atomic mass is 32.2. The minimum Gasteiger partial charge on any atom is -0.312 e. The van der Waals surface area contributed by atoms with Crippen molar-refractivity contribution in [2.75, 3.05) is 28.6 Å². The lowest BCUT2D eigenvalue weighted by Gasteiger charge is -2.31. The largest absolute Gasteiger partial charge is 0.312 e. The zero-order valence-corrected chi connectivity index (χ0v) is 16.9. The van der Waals surface area contributed by atoms with Gasteiger partial charge < -0.3 is 4.90 Å². The number of carbonyl (C=O) groups is 1. The second-order valence-corrected chi connectivity index (χ2v) is 9.06. The number of anilines is 2. The molecule has 0 aliphatic carbocycles. The molecule has 0 saturated carbocycles. The van der Waals surface area contributed by atoms with E-state index in [0.29, 0.717) is 12.2 Å². The Morgan fingerprint density at radius 1 is 1.15 bits per heavy atom. The summed E-state index contributed by atoms with van der Waals surface area (Å²) >= 11 is 0. The summed E-state index contributed by atoms with van der Waals surface area (Å²) in [6, 6.07) is 13.6. The average molecular weight is 387 g/mol.